The van der Waals surface area contributed by atoms with E-state index in [1.54, 1.807) is 0 Å². The molecule has 0 aromatic carbocycles. The van der Waals surface area contributed by atoms with Crippen molar-refractivity contribution < 1.29 is 0 Å². The summed E-state index contributed by atoms with van der Waals surface area (Å²) >= 11 is 4.54. The molecule has 0 aliphatic heterocycles. The van der Waals surface area contributed by atoms with Gasteiger partial charge in [-0.3, -0.25) is 0 Å². The van der Waals surface area contributed by atoms with E-state index in [-0.39, 0.29) is 0 Å². The molecule has 0 aliphatic rings. The second kappa shape index (κ2) is 11.8. The van der Waals surface area contributed by atoms with Gasteiger partial charge in [0.2, 0.25) is 0 Å². The van der Waals surface area contributed by atoms with E-state index >= 15 is 0 Å². The molecular formula is C12H24N2S. The Kier molecular flexibility index (Phi) is 11.6. The summed E-state index contributed by atoms with van der Waals surface area (Å²) in [6, 6.07) is 0. The highest BCUT2D eigenvalue weighted by Crippen LogP contribution is 2.00. The monoisotopic (exact) mass is 228 g/mol. The summed E-state index contributed by atoms with van der Waals surface area (Å²) in [5.41, 5.74) is 0. The van der Waals surface area contributed by atoms with Gasteiger partial charge in [-0.15, -0.1) is 0 Å². The number of isothiocyanates is 1. The van der Waals surface area contributed by atoms with Crippen LogP contribution in [-0.2, 0) is 0 Å². The molecule has 88 valence electrons. The Labute approximate surface area is 99.8 Å². The summed E-state index contributed by atoms with van der Waals surface area (Å²) in [7, 11) is 0. The number of aliphatic imine (C=N–C) groups is 1. The fraction of sp³-hybridized carbons (Fsp3) is 0.917. The van der Waals surface area contributed by atoms with Crippen molar-refractivity contribution in [3.8, 4) is 0 Å². The van der Waals surface area contributed by atoms with Gasteiger partial charge in [-0.25, -0.2) is 4.99 Å². The summed E-state index contributed by atoms with van der Waals surface area (Å²) in [6.07, 6.45) is 6.28. The summed E-state index contributed by atoms with van der Waals surface area (Å²) in [4.78, 5) is 6.49. The van der Waals surface area contributed by atoms with Crippen LogP contribution in [-0.4, -0.2) is 36.2 Å². The van der Waals surface area contributed by atoms with E-state index in [0.29, 0.717) is 0 Å². The van der Waals surface area contributed by atoms with Crippen LogP contribution in [0.25, 0.3) is 0 Å². The SMILES string of the molecule is CCCCN(CCCC)CCCN=C=S. The molecule has 0 radical (unpaired) electrons. The molecule has 0 aromatic heterocycles. The maximum atomic E-state index is 4.54. The Hall–Kier alpha value is -0.240. The number of rotatable bonds is 10. The summed E-state index contributed by atoms with van der Waals surface area (Å²) in [5.74, 6) is 0. The molecule has 0 N–H and O–H groups in total. The van der Waals surface area contributed by atoms with E-state index in [0.717, 1.165) is 19.5 Å². The van der Waals surface area contributed by atoms with E-state index in [9.17, 15) is 0 Å². The Morgan fingerprint density at radius 2 is 1.53 bits per heavy atom. The van der Waals surface area contributed by atoms with Crippen molar-refractivity contribution in [2.45, 2.75) is 46.0 Å². The van der Waals surface area contributed by atoms with Crippen molar-refractivity contribution in [2.24, 2.45) is 4.99 Å². The van der Waals surface area contributed by atoms with Crippen molar-refractivity contribution in [3.63, 3.8) is 0 Å². The van der Waals surface area contributed by atoms with Crippen molar-refractivity contribution in [2.75, 3.05) is 26.2 Å². The first kappa shape index (κ1) is 14.8. The van der Waals surface area contributed by atoms with Crippen LogP contribution in [0.1, 0.15) is 46.0 Å². The largest absolute Gasteiger partial charge is 0.303 e. The molecule has 0 saturated carbocycles. The van der Waals surface area contributed by atoms with Crippen molar-refractivity contribution in [1.29, 1.82) is 0 Å². The number of nitrogens with zero attached hydrogens (tertiary/aromatic N) is 2. The maximum Gasteiger partial charge on any atom is 0.0584 e. The highest BCUT2D eigenvalue weighted by atomic mass is 32.1. The van der Waals surface area contributed by atoms with Gasteiger partial charge in [0.05, 0.1) is 11.7 Å². The molecule has 3 heteroatoms. The zero-order chi connectivity index (χ0) is 11.4. The van der Waals surface area contributed by atoms with Crippen LogP contribution in [0.5, 0.6) is 0 Å². The molecule has 0 rings (SSSR count). The zero-order valence-corrected chi connectivity index (χ0v) is 11.0. The highest BCUT2D eigenvalue weighted by Gasteiger charge is 2.02. The van der Waals surface area contributed by atoms with Gasteiger partial charge in [0.1, 0.15) is 0 Å². The first-order chi connectivity index (χ1) is 7.35. The lowest BCUT2D eigenvalue weighted by atomic mass is 10.2. The quantitative estimate of drug-likeness (QED) is 0.323. The van der Waals surface area contributed by atoms with Gasteiger partial charge >= 0.3 is 0 Å². The smallest absolute Gasteiger partial charge is 0.0584 e. The molecular weight excluding hydrogens is 204 g/mol. The van der Waals surface area contributed by atoms with E-state index < -0.39 is 0 Å². The minimum Gasteiger partial charge on any atom is -0.303 e. The van der Waals surface area contributed by atoms with Gasteiger partial charge in [0, 0.05) is 0 Å². The maximum absolute atomic E-state index is 4.54. The fourth-order valence-corrected chi connectivity index (χ4v) is 1.61. The Morgan fingerprint density at radius 1 is 1.00 bits per heavy atom. The van der Waals surface area contributed by atoms with Crippen molar-refractivity contribution >= 4 is 17.4 Å². The van der Waals surface area contributed by atoms with Crippen LogP contribution in [0.4, 0.5) is 0 Å². The number of thiocarbonyl (C=S) groups is 1. The minimum absolute atomic E-state index is 0.832. The number of unbranched alkanes of at least 4 members (excludes halogenated alkanes) is 2. The summed E-state index contributed by atoms with van der Waals surface area (Å²) < 4.78 is 0. The molecule has 0 unspecified atom stereocenters. The van der Waals surface area contributed by atoms with E-state index in [2.05, 4.69) is 41.1 Å². The van der Waals surface area contributed by atoms with Crippen LogP contribution >= 0.6 is 12.2 Å². The second-order valence-corrected chi connectivity index (χ2v) is 4.06. The molecule has 0 atom stereocenters. The zero-order valence-electron chi connectivity index (χ0n) is 10.2. The first-order valence-corrected chi connectivity index (χ1v) is 6.52. The molecule has 2 nitrogen and oxygen atoms in total. The van der Waals surface area contributed by atoms with Crippen LogP contribution in [0.15, 0.2) is 4.99 Å². The second-order valence-electron chi connectivity index (χ2n) is 3.88. The Morgan fingerprint density at radius 3 is 2.00 bits per heavy atom. The minimum atomic E-state index is 0.832. The molecule has 0 bridgehead atoms. The van der Waals surface area contributed by atoms with Crippen LogP contribution < -0.4 is 0 Å². The van der Waals surface area contributed by atoms with Crippen molar-refractivity contribution in [3.05, 3.63) is 0 Å². The van der Waals surface area contributed by atoms with Crippen molar-refractivity contribution in [1.82, 2.24) is 4.90 Å². The third kappa shape index (κ3) is 10.1. The van der Waals surface area contributed by atoms with Crippen LogP contribution in [0, 0.1) is 0 Å². The van der Waals surface area contributed by atoms with Gasteiger partial charge in [-0.05, 0) is 51.1 Å². The Balaban J connectivity index is 3.62. The number of hydrogen-bond donors (Lipinski definition) is 0. The summed E-state index contributed by atoms with van der Waals surface area (Å²) in [6.45, 7) is 8.94. The van der Waals surface area contributed by atoms with Gasteiger partial charge in [-0.1, -0.05) is 26.7 Å². The lowest BCUT2D eigenvalue weighted by molar-refractivity contribution is 0.264. The predicted molar refractivity (Wildman–Crippen MR) is 70.8 cm³/mol. The normalized spacial score (nSPS) is 10.3. The first-order valence-electron chi connectivity index (χ1n) is 6.11. The topological polar surface area (TPSA) is 15.6 Å². The number of hydrogen-bond acceptors (Lipinski definition) is 3. The average Bonchev–Trinajstić information content (AvgIpc) is 2.27. The van der Waals surface area contributed by atoms with E-state index in [1.807, 2.05) is 0 Å². The van der Waals surface area contributed by atoms with Crippen LogP contribution in [0.3, 0.4) is 0 Å². The lowest BCUT2D eigenvalue weighted by Gasteiger charge is -2.21. The van der Waals surface area contributed by atoms with Gasteiger partial charge in [0.15, 0.2) is 0 Å². The van der Waals surface area contributed by atoms with E-state index in [4.69, 9.17) is 0 Å². The molecule has 0 saturated heterocycles. The predicted octanol–water partition coefficient (Wildman–Crippen LogP) is 3.38. The molecule has 0 fully saturated rings. The lowest BCUT2D eigenvalue weighted by Crippen LogP contribution is -2.27. The van der Waals surface area contributed by atoms with E-state index in [1.165, 1.54) is 38.8 Å². The molecule has 0 spiro atoms. The average molecular weight is 228 g/mol. The third-order valence-electron chi connectivity index (χ3n) is 2.46. The molecule has 15 heavy (non-hydrogen) atoms. The highest BCUT2D eigenvalue weighted by molar-refractivity contribution is 7.78. The van der Waals surface area contributed by atoms with Crippen LogP contribution in [0.2, 0.25) is 0 Å². The molecule has 0 aliphatic carbocycles. The van der Waals surface area contributed by atoms with Gasteiger partial charge in [0.25, 0.3) is 0 Å². The molecule has 0 amide bonds. The Bertz CT molecular complexity index is 168. The fourth-order valence-electron chi connectivity index (χ4n) is 1.52. The van der Waals surface area contributed by atoms with Gasteiger partial charge < -0.3 is 4.90 Å². The standard InChI is InChI=1S/C12H24N2S/c1-3-5-9-14(10-6-4-2)11-7-8-13-12-15/h3-11H2,1-2H3. The molecule has 0 aromatic rings. The third-order valence-corrected chi connectivity index (χ3v) is 2.59. The molecule has 0 heterocycles. The summed E-state index contributed by atoms with van der Waals surface area (Å²) in [5, 5.41) is 2.42. The van der Waals surface area contributed by atoms with Gasteiger partial charge in [-0.2, -0.15) is 0 Å².